The summed E-state index contributed by atoms with van der Waals surface area (Å²) < 4.78 is 0. The van der Waals surface area contributed by atoms with E-state index in [1.54, 1.807) is 0 Å². The maximum absolute atomic E-state index is 12.0. The van der Waals surface area contributed by atoms with Crippen LogP contribution in [0, 0.1) is 0 Å². The van der Waals surface area contributed by atoms with Crippen molar-refractivity contribution < 1.29 is 4.79 Å². The highest BCUT2D eigenvalue weighted by Crippen LogP contribution is 2.34. The van der Waals surface area contributed by atoms with Crippen LogP contribution >= 0.6 is 0 Å². The molecule has 1 aromatic rings. The molecule has 0 spiro atoms. The molecular weight excluding hydrogens is 200 g/mol. The number of carbonyl (C=O) groups excluding carboxylic acids is 1. The van der Waals surface area contributed by atoms with Crippen LogP contribution in [0.3, 0.4) is 0 Å². The van der Waals surface area contributed by atoms with Crippen molar-refractivity contribution in [3.05, 3.63) is 24.3 Å². The number of nitrogens with one attached hydrogen (secondary N) is 1. The fourth-order valence-corrected chi connectivity index (χ4v) is 2.72. The zero-order valence-corrected chi connectivity index (χ0v) is 9.28. The molecule has 0 radical (unpaired) electrons. The third kappa shape index (κ3) is 1.47. The van der Waals surface area contributed by atoms with E-state index in [4.69, 9.17) is 0 Å². The summed E-state index contributed by atoms with van der Waals surface area (Å²) in [4.78, 5) is 14.3. The van der Waals surface area contributed by atoms with Gasteiger partial charge < -0.3 is 10.2 Å². The standard InChI is InChI=1S/C13H16N2O/c16-13-12-8-2-1-5-9-15(12)11-7-4-3-6-10(11)14-13/h3-4,6-7,12H,1-2,5,8-9H2,(H,14,16)/t12-/m1/s1. The Morgan fingerprint density at radius 2 is 2.06 bits per heavy atom. The highest BCUT2D eigenvalue weighted by atomic mass is 16.2. The average molecular weight is 216 g/mol. The summed E-state index contributed by atoms with van der Waals surface area (Å²) in [5.41, 5.74) is 2.15. The molecule has 0 aliphatic carbocycles. The first kappa shape index (κ1) is 9.70. The zero-order valence-electron chi connectivity index (χ0n) is 9.28. The molecule has 1 fully saturated rings. The second-order valence-electron chi connectivity index (χ2n) is 4.56. The van der Waals surface area contributed by atoms with E-state index in [9.17, 15) is 4.79 Å². The number of anilines is 2. The van der Waals surface area contributed by atoms with Crippen LogP contribution in [0.25, 0.3) is 0 Å². The zero-order chi connectivity index (χ0) is 11.0. The van der Waals surface area contributed by atoms with Crippen molar-refractivity contribution in [2.75, 3.05) is 16.8 Å². The Balaban J connectivity index is 2.03. The molecular formula is C13H16N2O. The fourth-order valence-electron chi connectivity index (χ4n) is 2.72. The molecule has 2 heterocycles. The number of amides is 1. The predicted octanol–water partition coefficient (Wildman–Crippen LogP) is 2.39. The summed E-state index contributed by atoms with van der Waals surface area (Å²) in [6.07, 6.45) is 4.58. The molecule has 1 saturated heterocycles. The Morgan fingerprint density at radius 3 is 3.00 bits per heavy atom. The first-order valence-electron chi connectivity index (χ1n) is 6.03. The molecule has 1 atom stereocenters. The first-order valence-corrected chi connectivity index (χ1v) is 6.03. The van der Waals surface area contributed by atoms with E-state index in [1.807, 2.05) is 18.2 Å². The lowest BCUT2D eigenvalue weighted by atomic mass is 10.0. The summed E-state index contributed by atoms with van der Waals surface area (Å²) in [7, 11) is 0. The van der Waals surface area contributed by atoms with E-state index < -0.39 is 0 Å². The molecule has 1 aromatic carbocycles. The monoisotopic (exact) mass is 216 g/mol. The van der Waals surface area contributed by atoms with Crippen molar-refractivity contribution in [2.45, 2.75) is 31.7 Å². The Bertz CT molecular complexity index is 416. The number of rotatable bonds is 0. The smallest absolute Gasteiger partial charge is 0.247 e. The Morgan fingerprint density at radius 1 is 1.19 bits per heavy atom. The van der Waals surface area contributed by atoms with Gasteiger partial charge in [-0.15, -0.1) is 0 Å². The predicted molar refractivity (Wildman–Crippen MR) is 64.7 cm³/mol. The molecule has 0 unspecified atom stereocenters. The lowest BCUT2D eigenvalue weighted by molar-refractivity contribution is -0.117. The number of hydrogen-bond donors (Lipinski definition) is 1. The van der Waals surface area contributed by atoms with Crippen LogP contribution < -0.4 is 10.2 Å². The highest BCUT2D eigenvalue weighted by molar-refractivity contribution is 6.03. The summed E-state index contributed by atoms with van der Waals surface area (Å²) in [6, 6.07) is 8.15. The van der Waals surface area contributed by atoms with Crippen LogP contribution in [0.1, 0.15) is 25.7 Å². The van der Waals surface area contributed by atoms with E-state index in [0.717, 1.165) is 25.1 Å². The fraction of sp³-hybridized carbons (Fsp3) is 0.462. The van der Waals surface area contributed by atoms with Gasteiger partial charge in [-0.2, -0.15) is 0 Å². The van der Waals surface area contributed by atoms with Crippen LogP contribution in [-0.2, 0) is 4.79 Å². The van der Waals surface area contributed by atoms with Gasteiger partial charge in [-0.25, -0.2) is 0 Å². The minimum Gasteiger partial charge on any atom is -0.358 e. The molecule has 3 rings (SSSR count). The molecule has 1 amide bonds. The number of hydrogen-bond acceptors (Lipinski definition) is 2. The molecule has 2 aliphatic rings. The van der Waals surface area contributed by atoms with Crippen LogP contribution in [0.5, 0.6) is 0 Å². The van der Waals surface area contributed by atoms with E-state index in [1.165, 1.54) is 18.5 Å². The molecule has 0 bridgehead atoms. The van der Waals surface area contributed by atoms with Crippen LogP contribution in [-0.4, -0.2) is 18.5 Å². The van der Waals surface area contributed by atoms with Gasteiger partial charge in [0.15, 0.2) is 0 Å². The van der Waals surface area contributed by atoms with Gasteiger partial charge in [-0.3, -0.25) is 4.79 Å². The number of benzene rings is 1. The van der Waals surface area contributed by atoms with Gasteiger partial charge >= 0.3 is 0 Å². The summed E-state index contributed by atoms with van der Waals surface area (Å²) in [5.74, 6) is 0.167. The maximum atomic E-state index is 12.0. The largest absolute Gasteiger partial charge is 0.358 e. The summed E-state index contributed by atoms with van der Waals surface area (Å²) in [5, 5.41) is 3.01. The lowest BCUT2D eigenvalue weighted by Crippen LogP contribution is -2.47. The van der Waals surface area contributed by atoms with Crippen molar-refractivity contribution in [2.24, 2.45) is 0 Å². The molecule has 2 aliphatic heterocycles. The van der Waals surface area contributed by atoms with Crippen molar-refractivity contribution in [3.8, 4) is 0 Å². The molecule has 1 N–H and O–H groups in total. The highest BCUT2D eigenvalue weighted by Gasteiger charge is 2.32. The minimum atomic E-state index is 0.0531. The SMILES string of the molecule is O=C1Nc2ccccc2N2CCCCC[C@H]12. The Kier molecular flexibility index (Phi) is 2.31. The molecule has 0 saturated carbocycles. The lowest BCUT2D eigenvalue weighted by Gasteiger charge is -2.36. The van der Waals surface area contributed by atoms with Crippen molar-refractivity contribution >= 4 is 17.3 Å². The van der Waals surface area contributed by atoms with Crippen molar-refractivity contribution in [1.29, 1.82) is 0 Å². The Hall–Kier alpha value is -1.51. The maximum Gasteiger partial charge on any atom is 0.247 e. The van der Waals surface area contributed by atoms with Crippen molar-refractivity contribution in [3.63, 3.8) is 0 Å². The molecule has 16 heavy (non-hydrogen) atoms. The average Bonchev–Trinajstić information content (AvgIpc) is 2.55. The Labute approximate surface area is 95.4 Å². The van der Waals surface area contributed by atoms with E-state index >= 15 is 0 Å². The normalized spacial score (nSPS) is 24.1. The molecule has 3 nitrogen and oxygen atoms in total. The van der Waals surface area contributed by atoms with Gasteiger partial charge in [-0.05, 0) is 25.0 Å². The number of nitrogens with zero attached hydrogens (tertiary/aromatic N) is 1. The van der Waals surface area contributed by atoms with E-state index in [2.05, 4.69) is 16.3 Å². The molecule has 84 valence electrons. The third-order valence-corrected chi connectivity index (χ3v) is 3.53. The van der Waals surface area contributed by atoms with Crippen LogP contribution in [0.4, 0.5) is 11.4 Å². The second-order valence-corrected chi connectivity index (χ2v) is 4.56. The van der Waals surface area contributed by atoms with Gasteiger partial charge in [0.05, 0.1) is 11.4 Å². The number of para-hydroxylation sites is 2. The molecule has 0 aromatic heterocycles. The van der Waals surface area contributed by atoms with E-state index in [-0.39, 0.29) is 11.9 Å². The van der Waals surface area contributed by atoms with Crippen LogP contribution in [0.15, 0.2) is 24.3 Å². The first-order chi connectivity index (χ1) is 7.86. The quantitative estimate of drug-likeness (QED) is 0.722. The van der Waals surface area contributed by atoms with Gasteiger partial charge in [0.25, 0.3) is 0 Å². The molecule has 3 heteroatoms. The number of carbonyl (C=O) groups is 1. The van der Waals surface area contributed by atoms with Gasteiger partial charge in [0, 0.05) is 6.54 Å². The summed E-state index contributed by atoms with van der Waals surface area (Å²) >= 11 is 0. The topological polar surface area (TPSA) is 32.3 Å². The van der Waals surface area contributed by atoms with Gasteiger partial charge in [0.2, 0.25) is 5.91 Å². The van der Waals surface area contributed by atoms with Crippen LogP contribution in [0.2, 0.25) is 0 Å². The van der Waals surface area contributed by atoms with Gasteiger partial charge in [-0.1, -0.05) is 25.0 Å². The van der Waals surface area contributed by atoms with Gasteiger partial charge in [0.1, 0.15) is 6.04 Å². The second kappa shape index (κ2) is 3.81. The summed E-state index contributed by atoms with van der Waals surface area (Å²) in [6.45, 7) is 1.01. The third-order valence-electron chi connectivity index (χ3n) is 3.53. The minimum absolute atomic E-state index is 0.0531. The van der Waals surface area contributed by atoms with E-state index in [0.29, 0.717) is 0 Å². The number of fused-ring (bicyclic) bond motifs is 3. The van der Waals surface area contributed by atoms with Crippen molar-refractivity contribution in [1.82, 2.24) is 0 Å².